The maximum absolute atomic E-state index is 5.42. The Kier molecular flexibility index (Phi) is 4.80. The van der Waals surface area contributed by atoms with Crippen LogP contribution in [0, 0.1) is 0 Å². The minimum atomic E-state index is 0.629. The fourth-order valence-corrected chi connectivity index (χ4v) is 2.75. The van der Waals surface area contributed by atoms with E-state index in [1.807, 2.05) is 24.3 Å². The number of ether oxygens (including phenoxy) is 2. The number of rotatable bonds is 6. The van der Waals surface area contributed by atoms with E-state index in [0.29, 0.717) is 6.54 Å². The number of anilines is 2. The fourth-order valence-electron chi connectivity index (χ4n) is 2.75. The summed E-state index contributed by atoms with van der Waals surface area (Å²) >= 11 is 0. The Morgan fingerprint density at radius 1 is 1.09 bits per heavy atom. The first-order valence-electron chi connectivity index (χ1n) is 7.82. The molecule has 1 N–H and O–H groups in total. The number of aromatic nitrogens is 2. The number of nitrogens with zero attached hydrogens (tertiary/aromatic N) is 3. The van der Waals surface area contributed by atoms with Crippen molar-refractivity contribution in [1.82, 2.24) is 9.97 Å². The molecular weight excluding hydrogens is 292 g/mol. The van der Waals surface area contributed by atoms with Gasteiger partial charge in [0.15, 0.2) is 0 Å². The highest BCUT2D eigenvalue weighted by Crippen LogP contribution is 2.25. The summed E-state index contributed by atoms with van der Waals surface area (Å²) in [5, 5.41) is 3.34. The molecule has 0 spiro atoms. The number of benzene rings is 1. The molecule has 1 aliphatic rings. The zero-order valence-electron chi connectivity index (χ0n) is 13.6. The van der Waals surface area contributed by atoms with Crippen LogP contribution in [0.5, 0.6) is 11.5 Å². The molecule has 2 aromatic rings. The Balaban J connectivity index is 1.69. The van der Waals surface area contributed by atoms with Crippen molar-refractivity contribution in [3.05, 3.63) is 36.2 Å². The van der Waals surface area contributed by atoms with Crippen LogP contribution in [0.4, 0.5) is 11.6 Å². The van der Waals surface area contributed by atoms with Crippen molar-refractivity contribution < 1.29 is 9.47 Å². The summed E-state index contributed by atoms with van der Waals surface area (Å²) in [5.74, 6) is 3.39. The third-order valence-corrected chi connectivity index (χ3v) is 4.04. The first-order chi connectivity index (χ1) is 11.3. The van der Waals surface area contributed by atoms with Gasteiger partial charge >= 0.3 is 0 Å². The van der Waals surface area contributed by atoms with E-state index in [-0.39, 0.29) is 0 Å². The summed E-state index contributed by atoms with van der Waals surface area (Å²) in [6.07, 6.45) is 4.08. The number of hydrogen-bond acceptors (Lipinski definition) is 6. The van der Waals surface area contributed by atoms with Gasteiger partial charge in [-0.15, -0.1) is 0 Å². The molecule has 122 valence electrons. The second kappa shape index (κ2) is 7.17. The van der Waals surface area contributed by atoms with Crippen molar-refractivity contribution in [3.63, 3.8) is 0 Å². The Bertz CT molecular complexity index is 657. The summed E-state index contributed by atoms with van der Waals surface area (Å²) in [6, 6.07) is 7.80. The molecule has 3 rings (SSSR count). The van der Waals surface area contributed by atoms with E-state index in [4.69, 9.17) is 9.47 Å². The van der Waals surface area contributed by atoms with Gasteiger partial charge in [-0.05, 0) is 25.0 Å². The highest BCUT2D eigenvalue weighted by Gasteiger charge is 2.14. The van der Waals surface area contributed by atoms with Crippen LogP contribution in [0.1, 0.15) is 18.4 Å². The highest BCUT2D eigenvalue weighted by atomic mass is 16.5. The first kappa shape index (κ1) is 15.4. The van der Waals surface area contributed by atoms with Gasteiger partial charge < -0.3 is 19.7 Å². The van der Waals surface area contributed by atoms with Gasteiger partial charge in [0.25, 0.3) is 0 Å². The summed E-state index contributed by atoms with van der Waals surface area (Å²) in [4.78, 5) is 11.0. The molecule has 1 aliphatic heterocycles. The molecule has 1 fully saturated rings. The molecule has 0 bridgehead atoms. The van der Waals surface area contributed by atoms with Gasteiger partial charge in [-0.3, -0.25) is 0 Å². The number of nitrogens with one attached hydrogen (secondary N) is 1. The van der Waals surface area contributed by atoms with E-state index in [9.17, 15) is 0 Å². The summed E-state index contributed by atoms with van der Waals surface area (Å²) < 4.78 is 10.6. The lowest BCUT2D eigenvalue weighted by Crippen LogP contribution is -2.19. The smallest absolute Gasteiger partial charge is 0.134 e. The molecule has 23 heavy (non-hydrogen) atoms. The minimum absolute atomic E-state index is 0.629. The molecule has 2 heterocycles. The zero-order chi connectivity index (χ0) is 16.1. The van der Waals surface area contributed by atoms with Crippen LogP contribution in [-0.4, -0.2) is 37.3 Å². The monoisotopic (exact) mass is 314 g/mol. The summed E-state index contributed by atoms with van der Waals surface area (Å²) in [7, 11) is 3.31. The molecule has 1 aromatic carbocycles. The molecular formula is C17H22N4O2. The van der Waals surface area contributed by atoms with E-state index < -0.39 is 0 Å². The molecule has 6 nitrogen and oxygen atoms in total. The Morgan fingerprint density at radius 3 is 2.65 bits per heavy atom. The lowest BCUT2D eigenvalue weighted by Gasteiger charge is -2.17. The topological polar surface area (TPSA) is 59.5 Å². The van der Waals surface area contributed by atoms with Crippen molar-refractivity contribution in [2.45, 2.75) is 19.4 Å². The Hall–Kier alpha value is -2.50. The Labute approximate surface area is 136 Å². The fraction of sp³-hybridized carbons (Fsp3) is 0.412. The molecule has 1 aromatic heterocycles. The molecule has 0 amide bonds. The predicted octanol–water partition coefficient (Wildman–Crippen LogP) is 2.71. The third kappa shape index (κ3) is 3.64. The van der Waals surface area contributed by atoms with Crippen molar-refractivity contribution in [1.29, 1.82) is 0 Å². The molecule has 0 aliphatic carbocycles. The normalized spacial score (nSPS) is 13.9. The largest absolute Gasteiger partial charge is 0.497 e. The maximum Gasteiger partial charge on any atom is 0.134 e. The lowest BCUT2D eigenvalue weighted by molar-refractivity contribution is 0.391. The van der Waals surface area contributed by atoms with Crippen LogP contribution < -0.4 is 19.7 Å². The van der Waals surface area contributed by atoms with Crippen molar-refractivity contribution in [2.75, 3.05) is 37.5 Å². The molecule has 0 saturated carbocycles. The van der Waals surface area contributed by atoms with Crippen molar-refractivity contribution >= 4 is 11.6 Å². The van der Waals surface area contributed by atoms with Crippen molar-refractivity contribution in [3.8, 4) is 11.5 Å². The van der Waals surface area contributed by atoms with Crippen LogP contribution >= 0.6 is 0 Å². The van der Waals surface area contributed by atoms with Crippen LogP contribution in [0.15, 0.2) is 30.6 Å². The number of methoxy groups -OCH3 is 2. The van der Waals surface area contributed by atoms with E-state index in [2.05, 4.69) is 20.2 Å². The van der Waals surface area contributed by atoms with Crippen molar-refractivity contribution in [2.24, 2.45) is 0 Å². The minimum Gasteiger partial charge on any atom is -0.497 e. The highest BCUT2D eigenvalue weighted by molar-refractivity contribution is 5.50. The van der Waals surface area contributed by atoms with E-state index in [0.717, 1.165) is 41.8 Å². The van der Waals surface area contributed by atoms with Crippen LogP contribution in [0.25, 0.3) is 0 Å². The third-order valence-electron chi connectivity index (χ3n) is 4.04. The molecule has 6 heteroatoms. The quantitative estimate of drug-likeness (QED) is 0.884. The number of hydrogen-bond donors (Lipinski definition) is 1. The van der Waals surface area contributed by atoms with Crippen LogP contribution in [0.3, 0.4) is 0 Å². The average molecular weight is 314 g/mol. The first-order valence-corrected chi connectivity index (χ1v) is 7.82. The van der Waals surface area contributed by atoms with Gasteiger partial charge in [-0.25, -0.2) is 9.97 Å². The van der Waals surface area contributed by atoms with Crippen LogP contribution in [0.2, 0.25) is 0 Å². The van der Waals surface area contributed by atoms with E-state index >= 15 is 0 Å². The van der Waals surface area contributed by atoms with Crippen LogP contribution in [-0.2, 0) is 6.54 Å². The van der Waals surface area contributed by atoms with E-state index in [1.54, 1.807) is 20.5 Å². The standard InChI is InChI=1S/C17H22N4O2/c1-22-14-6-5-13(15(9-14)23-2)11-18-16-10-17(20-12-19-16)21-7-3-4-8-21/h5-6,9-10,12H,3-4,7-8,11H2,1-2H3,(H,18,19,20). The average Bonchev–Trinajstić information content (AvgIpc) is 3.14. The van der Waals surface area contributed by atoms with Gasteiger partial charge in [-0.1, -0.05) is 0 Å². The molecule has 1 saturated heterocycles. The van der Waals surface area contributed by atoms with Gasteiger partial charge in [0.05, 0.1) is 14.2 Å². The van der Waals surface area contributed by atoms with Gasteiger partial charge in [0.2, 0.25) is 0 Å². The second-order valence-corrected chi connectivity index (χ2v) is 5.49. The van der Waals surface area contributed by atoms with Gasteiger partial charge in [0, 0.05) is 37.3 Å². The summed E-state index contributed by atoms with van der Waals surface area (Å²) in [6.45, 7) is 2.77. The van der Waals surface area contributed by atoms with E-state index in [1.165, 1.54) is 12.8 Å². The van der Waals surface area contributed by atoms with Gasteiger partial charge in [0.1, 0.15) is 29.5 Å². The molecule has 0 atom stereocenters. The maximum atomic E-state index is 5.42. The lowest BCUT2D eigenvalue weighted by atomic mass is 10.2. The summed E-state index contributed by atoms with van der Waals surface area (Å²) in [5.41, 5.74) is 1.05. The molecule has 0 radical (unpaired) electrons. The predicted molar refractivity (Wildman–Crippen MR) is 90.4 cm³/mol. The Morgan fingerprint density at radius 2 is 1.91 bits per heavy atom. The SMILES string of the molecule is COc1ccc(CNc2cc(N3CCCC3)ncn2)c(OC)c1. The second-order valence-electron chi connectivity index (χ2n) is 5.49. The zero-order valence-corrected chi connectivity index (χ0v) is 13.6. The molecule has 0 unspecified atom stereocenters. The van der Waals surface area contributed by atoms with Gasteiger partial charge in [-0.2, -0.15) is 0 Å².